The Morgan fingerprint density at radius 3 is 2.33 bits per heavy atom. The molecule has 130 valence electrons. The number of ether oxygens (including phenoxy) is 2. The molecule has 0 N–H and O–H groups in total. The lowest BCUT2D eigenvalue weighted by molar-refractivity contribution is 0.354. The number of sulfonamides is 1. The van der Waals surface area contributed by atoms with Crippen molar-refractivity contribution in [3.8, 4) is 11.5 Å². The van der Waals surface area contributed by atoms with E-state index in [9.17, 15) is 8.42 Å². The fraction of sp³-hybridized carbons (Fsp3) is 0.250. The van der Waals surface area contributed by atoms with Gasteiger partial charge in [0.2, 0.25) is 10.0 Å². The lowest BCUT2D eigenvalue weighted by atomic mass is 10.2. The van der Waals surface area contributed by atoms with E-state index >= 15 is 0 Å². The summed E-state index contributed by atoms with van der Waals surface area (Å²) in [5.41, 5.74) is 0.747. The second-order valence-electron chi connectivity index (χ2n) is 5.00. The van der Waals surface area contributed by atoms with Crippen LogP contribution in [0.3, 0.4) is 0 Å². The van der Waals surface area contributed by atoms with E-state index in [1.165, 1.54) is 37.7 Å². The van der Waals surface area contributed by atoms with Crippen molar-refractivity contribution in [2.45, 2.75) is 11.4 Å². The molecule has 0 fully saturated rings. The van der Waals surface area contributed by atoms with Crippen molar-refractivity contribution in [2.75, 3.05) is 21.3 Å². The normalized spacial score (nSPS) is 11.6. The minimum atomic E-state index is -3.78. The smallest absolute Gasteiger partial charge is 0.244 e. The number of rotatable bonds is 6. The Labute approximate surface area is 151 Å². The first-order valence-electron chi connectivity index (χ1n) is 6.92. The third-order valence-corrected chi connectivity index (χ3v) is 6.23. The van der Waals surface area contributed by atoms with Crippen LogP contribution in [0.15, 0.2) is 41.3 Å². The molecule has 2 aromatic carbocycles. The van der Waals surface area contributed by atoms with Gasteiger partial charge in [-0.3, -0.25) is 0 Å². The molecule has 2 rings (SSSR count). The first-order valence-corrected chi connectivity index (χ1v) is 9.12. The average molecular weight is 390 g/mol. The molecule has 0 aromatic heterocycles. The van der Waals surface area contributed by atoms with Crippen molar-refractivity contribution in [2.24, 2.45) is 0 Å². The van der Waals surface area contributed by atoms with Crippen molar-refractivity contribution < 1.29 is 17.9 Å². The van der Waals surface area contributed by atoms with E-state index in [4.69, 9.17) is 32.7 Å². The second-order valence-corrected chi connectivity index (χ2v) is 7.80. The van der Waals surface area contributed by atoms with Gasteiger partial charge in [-0.05, 0) is 29.8 Å². The Morgan fingerprint density at radius 2 is 1.71 bits per heavy atom. The molecule has 2 aromatic rings. The van der Waals surface area contributed by atoms with E-state index in [0.29, 0.717) is 11.5 Å². The quantitative estimate of drug-likeness (QED) is 0.752. The summed E-state index contributed by atoms with van der Waals surface area (Å²) >= 11 is 12.0. The van der Waals surface area contributed by atoms with Crippen LogP contribution >= 0.6 is 23.2 Å². The van der Waals surface area contributed by atoms with Crippen LogP contribution in [0.25, 0.3) is 0 Å². The van der Waals surface area contributed by atoms with Gasteiger partial charge in [0.15, 0.2) is 11.5 Å². The van der Waals surface area contributed by atoms with Gasteiger partial charge in [-0.2, -0.15) is 4.31 Å². The number of hydrogen-bond acceptors (Lipinski definition) is 4. The molecule has 8 heteroatoms. The van der Waals surface area contributed by atoms with E-state index in [1.807, 2.05) is 0 Å². The number of nitrogens with zero attached hydrogens (tertiary/aromatic N) is 1. The molecule has 0 atom stereocenters. The Kier molecular flexibility index (Phi) is 5.98. The Morgan fingerprint density at radius 1 is 1.04 bits per heavy atom. The molecule has 0 saturated heterocycles. The maximum Gasteiger partial charge on any atom is 0.244 e. The summed E-state index contributed by atoms with van der Waals surface area (Å²) in [5.74, 6) is 1.10. The minimum Gasteiger partial charge on any atom is -0.493 e. The highest BCUT2D eigenvalue weighted by atomic mass is 35.5. The zero-order valence-corrected chi connectivity index (χ0v) is 15.7. The van der Waals surface area contributed by atoms with Gasteiger partial charge >= 0.3 is 0 Å². The van der Waals surface area contributed by atoms with Crippen LogP contribution in [0, 0.1) is 0 Å². The number of methoxy groups -OCH3 is 2. The predicted molar refractivity (Wildman–Crippen MR) is 94.7 cm³/mol. The maximum atomic E-state index is 12.7. The lowest BCUT2D eigenvalue weighted by Crippen LogP contribution is -2.26. The van der Waals surface area contributed by atoms with Crippen LogP contribution in [0.1, 0.15) is 5.56 Å². The fourth-order valence-electron chi connectivity index (χ4n) is 2.17. The minimum absolute atomic E-state index is 0.0123. The van der Waals surface area contributed by atoms with Crippen molar-refractivity contribution in [3.05, 3.63) is 52.0 Å². The topological polar surface area (TPSA) is 55.8 Å². The number of benzene rings is 2. The van der Waals surface area contributed by atoms with Crippen LogP contribution in [-0.2, 0) is 16.6 Å². The molecule has 5 nitrogen and oxygen atoms in total. The van der Waals surface area contributed by atoms with E-state index in [-0.39, 0.29) is 21.5 Å². The summed E-state index contributed by atoms with van der Waals surface area (Å²) in [6.07, 6.45) is 0. The molecule has 0 spiro atoms. The molecule has 0 aliphatic heterocycles. The van der Waals surface area contributed by atoms with E-state index in [0.717, 1.165) is 5.56 Å². The van der Waals surface area contributed by atoms with E-state index < -0.39 is 10.0 Å². The van der Waals surface area contributed by atoms with Crippen LogP contribution in [-0.4, -0.2) is 34.0 Å². The van der Waals surface area contributed by atoms with Crippen molar-refractivity contribution in [1.29, 1.82) is 0 Å². The van der Waals surface area contributed by atoms with E-state index in [2.05, 4.69) is 0 Å². The van der Waals surface area contributed by atoms with Crippen LogP contribution in [0.2, 0.25) is 10.0 Å². The highest BCUT2D eigenvalue weighted by molar-refractivity contribution is 7.89. The standard InChI is InChI=1S/C16H17Cl2NO4S/c1-19(10-11-7-8-13(22-2)14(9-11)23-3)24(20,21)15-6-4-5-12(17)16(15)18/h4-9H,10H2,1-3H3. The molecule has 0 amide bonds. The van der Waals surface area contributed by atoms with Gasteiger partial charge in [-0.25, -0.2) is 8.42 Å². The Bertz CT molecular complexity index is 840. The summed E-state index contributed by atoms with van der Waals surface area (Å²) in [6.45, 7) is 0.144. The second kappa shape index (κ2) is 7.61. The van der Waals surface area contributed by atoms with Gasteiger partial charge in [0, 0.05) is 13.6 Å². The summed E-state index contributed by atoms with van der Waals surface area (Å²) in [6, 6.07) is 9.73. The van der Waals surface area contributed by atoms with Gasteiger partial charge in [0.1, 0.15) is 4.90 Å². The van der Waals surface area contributed by atoms with Gasteiger partial charge in [0.25, 0.3) is 0 Å². The Hall–Kier alpha value is -1.47. The lowest BCUT2D eigenvalue weighted by Gasteiger charge is -2.19. The van der Waals surface area contributed by atoms with Gasteiger partial charge in [-0.1, -0.05) is 35.3 Å². The summed E-state index contributed by atoms with van der Waals surface area (Å²) in [7, 11) is 0.753. The SMILES string of the molecule is COc1ccc(CN(C)S(=O)(=O)c2cccc(Cl)c2Cl)cc1OC. The molecule has 0 aliphatic rings. The van der Waals surface area contributed by atoms with Gasteiger partial charge in [0.05, 0.1) is 24.3 Å². The maximum absolute atomic E-state index is 12.7. The zero-order chi connectivity index (χ0) is 17.9. The zero-order valence-electron chi connectivity index (χ0n) is 13.4. The molecule has 0 unspecified atom stereocenters. The highest BCUT2D eigenvalue weighted by Gasteiger charge is 2.25. The third kappa shape index (κ3) is 3.78. The predicted octanol–water partition coefficient (Wildman–Crippen LogP) is 3.83. The first-order chi connectivity index (χ1) is 11.3. The first kappa shape index (κ1) is 18.9. The number of halogens is 2. The summed E-state index contributed by atoms with van der Waals surface area (Å²) < 4.78 is 37.0. The van der Waals surface area contributed by atoms with Gasteiger partial charge < -0.3 is 9.47 Å². The Balaban J connectivity index is 2.32. The largest absolute Gasteiger partial charge is 0.493 e. The summed E-state index contributed by atoms with van der Waals surface area (Å²) in [4.78, 5) is -0.0281. The molecule has 0 bridgehead atoms. The van der Waals surface area contributed by atoms with Crippen molar-refractivity contribution in [3.63, 3.8) is 0 Å². The van der Waals surface area contributed by atoms with Crippen LogP contribution in [0.4, 0.5) is 0 Å². The molecular weight excluding hydrogens is 373 g/mol. The monoisotopic (exact) mass is 389 g/mol. The molecule has 0 heterocycles. The van der Waals surface area contributed by atoms with Crippen molar-refractivity contribution in [1.82, 2.24) is 4.31 Å². The van der Waals surface area contributed by atoms with Gasteiger partial charge in [-0.15, -0.1) is 0 Å². The molecular formula is C16H17Cl2NO4S. The molecule has 24 heavy (non-hydrogen) atoms. The van der Waals surface area contributed by atoms with E-state index in [1.54, 1.807) is 24.3 Å². The molecule has 0 aliphatic carbocycles. The fourth-order valence-corrected chi connectivity index (χ4v) is 4.06. The molecule has 0 saturated carbocycles. The third-order valence-electron chi connectivity index (χ3n) is 3.46. The average Bonchev–Trinajstić information content (AvgIpc) is 2.56. The molecule has 0 radical (unpaired) electrons. The van der Waals surface area contributed by atoms with Crippen LogP contribution < -0.4 is 9.47 Å². The highest BCUT2D eigenvalue weighted by Crippen LogP contribution is 2.32. The van der Waals surface area contributed by atoms with Crippen LogP contribution in [0.5, 0.6) is 11.5 Å². The summed E-state index contributed by atoms with van der Waals surface area (Å²) in [5, 5.41) is 0.204. The number of hydrogen-bond donors (Lipinski definition) is 0. The van der Waals surface area contributed by atoms with Crippen molar-refractivity contribution >= 4 is 33.2 Å².